The van der Waals surface area contributed by atoms with Crippen LogP contribution in [0.2, 0.25) is 0 Å². The van der Waals surface area contributed by atoms with E-state index in [-0.39, 0.29) is 5.54 Å². The number of hydrazine groups is 1. The van der Waals surface area contributed by atoms with Crippen molar-refractivity contribution in [2.24, 2.45) is 5.84 Å². The van der Waals surface area contributed by atoms with Crippen LogP contribution in [0.4, 0.5) is 11.6 Å². The molecule has 0 atom stereocenters. The summed E-state index contributed by atoms with van der Waals surface area (Å²) in [5, 5.41) is 3.39. The van der Waals surface area contributed by atoms with Crippen molar-refractivity contribution in [3.63, 3.8) is 0 Å². The van der Waals surface area contributed by atoms with Crippen LogP contribution in [0.25, 0.3) is 0 Å². The molecule has 96 valence electrons. The SMILES string of the molecule is CCCc1nc(NN)cc(NC(C)(C)CC)n1. The molecule has 4 N–H and O–H groups in total. The van der Waals surface area contributed by atoms with Gasteiger partial charge in [-0.25, -0.2) is 15.8 Å². The van der Waals surface area contributed by atoms with Gasteiger partial charge in [-0.1, -0.05) is 13.8 Å². The first-order valence-corrected chi connectivity index (χ1v) is 6.13. The van der Waals surface area contributed by atoms with Gasteiger partial charge >= 0.3 is 0 Å². The zero-order valence-electron chi connectivity index (χ0n) is 11.2. The minimum absolute atomic E-state index is 0.0176. The molecular weight excluding hydrogens is 214 g/mol. The molecule has 1 aromatic heterocycles. The first-order chi connectivity index (χ1) is 8.00. The number of aryl methyl sites for hydroxylation is 1. The summed E-state index contributed by atoms with van der Waals surface area (Å²) < 4.78 is 0. The van der Waals surface area contributed by atoms with E-state index in [0.717, 1.165) is 30.9 Å². The van der Waals surface area contributed by atoms with Crippen molar-refractivity contribution in [3.05, 3.63) is 11.9 Å². The number of nitrogens with one attached hydrogen (secondary N) is 2. The summed E-state index contributed by atoms with van der Waals surface area (Å²) in [5.74, 6) is 7.70. The molecule has 1 heterocycles. The lowest BCUT2D eigenvalue weighted by molar-refractivity contribution is 0.544. The average Bonchev–Trinajstić information content (AvgIpc) is 2.28. The van der Waals surface area contributed by atoms with Gasteiger partial charge in [0.1, 0.15) is 17.5 Å². The van der Waals surface area contributed by atoms with Gasteiger partial charge in [-0.15, -0.1) is 0 Å². The highest BCUT2D eigenvalue weighted by molar-refractivity contribution is 5.48. The molecule has 1 rings (SSSR count). The molecule has 17 heavy (non-hydrogen) atoms. The number of nitrogens with zero attached hydrogens (tertiary/aromatic N) is 2. The number of anilines is 2. The topological polar surface area (TPSA) is 75.9 Å². The molecule has 1 aromatic rings. The van der Waals surface area contributed by atoms with Crippen LogP contribution in [-0.2, 0) is 6.42 Å². The lowest BCUT2D eigenvalue weighted by atomic mass is 10.0. The van der Waals surface area contributed by atoms with Gasteiger partial charge in [0, 0.05) is 18.0 Å². The Kier molecular flexibility index (Phi) is 4.69. The van der Waals surface area contributed by atoms with E-state index in [4.69, 9.17) is 5.84 Å². The van der Waals surface area contributed by atoms with Crippen molar-refractivity contribution < 1.29 is 0 Å². The Labute approximate surface area is 103 Å². The maximum absolute atomic E-state index is 5.41. The molecule has 0 radical (unpaired) electrons. The minimum Gasteiger partial charge on any atom is -0.365 e. The van der Waals surface area contributed by atoms with Crippen molar-refractivity contribution in [2.75, 3.05) is 10.7 Å². The fourth-order valence-electron chi connectivity index (χ4n) is 1.41. The second-order valence-electron chi connectivity index (χ2n) is 4.81. The van der Waals surface area contributed by atoms with Crippen LogP contribution < -0.4 is 16.6 Å². The summed E-state index contributed by atoms with van der Waals surface area (Å²) in [4.78, 5) is 8.80. The van der Waals surface area contributed by atoms with Gasteiger partial charge in [0.2, 0.25) is 0 Å². The van der Waals surface area contributed by atoms with Gasteiger partial charge in [-0.3, -0.25) is 0 Å². The van der Waals surface area contributed by atoms with Crippen molar-refractivity contribution in [1.82, 2.24) is 9.97 Å². The van der Waals surface area contributed by atoms with Crippen molar-refractivity contribution in [1.29, 1.82) is 0 Å². The lowest BCUT2D eigenvalue weighted by Gasteiger charge is -2.25. The smallest absolute Gasteiger partial charge is 0.145 e. The maximum atomic E-state index is 5.41. The Morgan fingerprint density at radius 3 is 2.41 bits per heavy atom. The summed E-state index contributed by atoms with van der Waals surface area (Å²) in [6.45, 7) is 8.53. The number of hydrogen-bond acceptors (Lipinski definition) is 5. The number of aromatic nitrogens is 2. The van der Waals surface area contributed by atoms with Gasteiger partial charge in [-0.05, 0) is 26.7 Å². The third-order valence-electron chi connectivity index (χ3n) is 2.74. The predicted molar refractivity (Wildman–Crippen MR) is 71.8 cm³/mol. The van der Waals surface area contributed by atoms with E-state index in [1.54, 1.807) is 0 Å². The Morgan fingerprint density at radius 2 is 1.88 bits per heavy atom. The molecule has 0 aliphatic heterocycles. The zero-order valence-corrected chi connectivity index (χ0v) is 11.2. The molecule has 0 aromatic carbocycles. The summed E-state index contributed by atoms with van der Waals surface area (Å²) in [7, 11) is 0. The average molecular weight is 237 g/mol. The normalized spacial score (nSPS) is 11.4. The largest absolute Gasteiger partial charge is 0.365 e. The number of nitrogen functional groups attached to an aromatic ring is 1. The molecule has 5 heteroatoms. The lowest BCUT2D eigenvalue weighted by Crippen LogP contribution is -2.30. The standard InChI is InChI=1S/C12H23N5/c1-5-7-9-14-10(8-11(15-9)17-13)16-12(3,4)6-2/h8H,5-7,13H2,1-4H3,(H2,14,15,16,17). The molecule has 0 bridgehead atoms. The third kappa shape index (κ3) is 4.19. The van der Waals surface area contributed by atoms with E-state index in [1.807, 2.05) is 6.07 Å². The van der Waals surface area contributed by atoms with E-state index in [0.29, 0.717) is 5.82 Å². The highest BCUT2D eigenvalue weighted by Gasteiger charge is 2.15. The molecule has 0 spiro atoms. The van der Waals surface area contributed by atoms with Crippen molar-refractivity contribution in [3.8, 4) is 0 Å². The third-order valence-corrected chi connectivity index (χ3v) is 2.74. The molecular formula is C12H23N5. The second kappa shape index (κ2) is 5.82. The first-order valence-electron chi connectivity index (χ1n) is 6.13. The van der Waals surface area contributed by atoms with Crippen LogP contribution in [-0.4, -0.2) is 15.5 Å². The summed E-state index contributed by atoms with van der Waals surface area (Å²) in [6, 6.07) is 1.83. The quantitative estimate of drug-likeness (QED) is 0.523. The van der Waals surface area contributed by atoms with Gasteiger partial charge < -0.3 is 10.7 Å². The minimum atomic E-state index is 0.0176. The number of nitrogens with two attached hydrogens (primary N) is 1. The Balaban J connectivity index is 2.94. The van der Waals surface area contributed by atoms with Crippen LogP contribution in [0.15, 0.2) is 6.07 Å². The molecule has 0 saturated heterocycles. The van der Waals surface area contributed by atoms with Crippen molar-refractivity contribution >= 4 is 11.6 Å². The number of hydrogen-bond donors (Lipinski definition) is 3. The van der Waals surface area contributed by atoms with Crippen molar-refractivity contribution in [2.45, 2.75) is 52.5 Å². The van der Waals surface area contributed by atoms with Gasteiger partial charge in [0.25, 0.3) is 0 Å². The molecule has 5 nitrogen and oxygen atoms in total. The highest BCUT2D eigenvalue weighted by atomic mass is 15.3. The van der Waals surface area contributed by atoms with Crippen LogP contribution in [0.3, 0.4) is 0 Å². The highest BCUT2D eigenvalue weighted by Crippen LogP contribution is 2.18. The Morgan fingerprint density at radius 1 is 1.24 bits per heavy atom. The van der Waals surface area contributed by atoms with Gasteiger partial charge in [0.15, 0.2) is 0 Å². The summed E-state index contributed by atoms with van der Waals surface area (Å²) >= 11 is 0. The van der Waals surface area contributed by atoms with E-state index in [1.165, 1.54) is 0 Å². The number of rotatable bonds is 6. The van der Waals surface area contributed by atoms with Crippen LogP contribution in [0.1, 0.15) is 46.4 Å². The molecule has 0 aliphatic carbocycles. The molecule has 0 saturated carbocycles. The molecule has 0 fully saturated rings. The zero-order chi connectivity index (χ0) is 12.9. The first kappa shape index (κ1) is 13.7. The predicted octanol–water partition coefficient (Wildman–Crippen LogP) is 2.32. The molecule has 0 unspecified atom stereocenters. The Hall–Kier alpha value is -1.36. The summed E-state index contributed by atoms with van der Waals surface area (Å²) in [6.07, 6.45) is 2.90. The fraction of sp³-hybridized carbons (Fsp3) is 0.667. The van der Waals surface area contributed by atoms with Gasteiger partial charge in [-0.2, -0.15) is 0 Å². The van der Waals surface area contributed by atoms with E-state index < -0.39 is 0 Å². The van der Waals surface area contributed by atoms with Crippen LogP contribution >= 0.6 is 0 Å². The van der Waals surface area contributed by atoms with E-state index in [2.05, 4.69) is 48.4 Å². The second-order valence-corrected chi connectivity index (χ2v) is 4.81. The maximum Gasteiger partial charge on any atom is 0.145 e. The van der Waals surface area contributed by atoms with E-state index >= 15 is 0 Å². The van der Waals surface area contributed by atoms with Crippen LogP contribution in [0, 0.1) is 0 Å². The van der Waals surface area contributed by atoms with E-state index in [9.17, 15) is 0 Å². The molecule has 0 amide bonds. The van der Waals surface area contributed by atoms with Crippen LogP contribution in [0.5, 0.6) is 0 Å². The fourth-order valence-corrected chi connectivity index (χ4v) is 1.41. The monoisotopic (exact) mass is 237 g/mol. The van der Waals surface area contributed by atoms with Gasteiger partial charge in [0.05, 0.1) is 0 Å². The molecule has 0 aliphatic rings. The summed E-state index contributed by atoms with van der Waals surface area (Å²) in [5.41, 5.74) is 2.60. The Bertz CT molecular complexity index is 362.